The molecule has 2 unspecified atom stereocenters. The van der Waals surface area contributed by atoms with Gasteiger partial charge in [0.1, 0.15) is 23.3 Å². The van der Waals surface area contributed by atoms with Crippen LogP contribution in [0.2, 0.25) is 0 Å². The van der Waals surface area contributed by atoms with Crippen molar-refractivity contribution >= 4 is 52.1 Å². The summed E-state index contributed by atoms with van der Waals surface area (Å²) in [6, 6.07) is 11.3. The highest BCUT2D eigenvalue weighted by molar-refractivity contribution is 6.23. The summed E-state index contributed by atoms with van der Waals surface area (Å²) in [7, 11) is 3.13. The van der Waals surface area contributed by atoms with E-state index in [1.165, 1.54) is 11.0 Å². The second kappa shape index (κ2) is 12.6. The van der Waals surface area contributed by atoms with Crippen molar-refractivity contribution in [2.45, 2.75) is 95.4 Å². The first-order chi connectivity index (χ1) is 25.6. The van der Waals surface area contributed by atoms with E-state index in [-0.39, 0.29) is 23.9 Å². The molecule has 1 spiro atoms. The first-order valence-electron chi connectivity index (χ1n) is 18.2. The zero-order valence-electron chi connectivity index (χ0n) is 31.8. The van der Waals surface area contributed by atoms with Gasteiger partial charge in [-0.15, -0.1) is 5.10 Å². The van der Waals surface area contributed by atoms with Crippen LogP contribution in [-0.4, -0.2) is 88.6 Å². The van der Waals surface area contributed by atoms with Gasteiger partial charge in [-0.1, -0.05) is 6.07 Å². The molecule has 1 aliphatic carbocycles. The number of anilines is 4. The van der Waals surface area contributed by atoms with Crippen molar-refractivity contribution in [3.8, 4) is 11.5 Å². The number of hydrogen-bond donors (Lipinski definition) is 1. The predicted octanol–water partition coefficient (Wildman–Crippen LogP) is 6.44. The Morgan fingerprint density at radius 1 is 0.889 bits per heavy atom. The van der Waals surface area contributed by atoms with Crippen LogP contribution in [0.3, 0.4) is 0 Å². The molecule has 4 aromatic rings. The van der Waals surface area contributed by atoms with E-state index in [0.29, 0.717) is 70.7 Å². The van der Waals surface area contributed by atoms with Crippen LogP contribution >= 0.6 is 0 Å². The fraction of sp³-hybridized carbons (Fsp3) is 0.487. The standard InChI is InChI=1S/C39H45N7O8/c1-37(2,3)53-35(48)45-28-14-12-24(50-7)16-26(28)39(34(45)47)17-27(39)21-9-13-25-29(15-21)46(36(49)54-38(4,5)6)43-31(25)42-32-30(51-8)33(41-20-40-32)44-22-10-11-23(44)19-52-18-22/h9,12-16,20,22-23,27H,10-11,17-19H2,1-8H3,(H,40,41,42,43)/t22?,23?,27-,39-/m0/s1. The average molecular weight is 740 g/mol. The van der Waals surface area contributed by atoms with Gasteiger partial charge in [0.2, 0.25) is 11.7 Å². The van der Waals surface area contributed by atoms with Crippen LogP contribution in [0, 0.1) is 0 Å². The normalized spacial score (nSPS) is 23.1. The van der Waals surface area contributed by atoms with E-state index in [9.17, 15) is 14.4 Å². The summed E-state index contributed by atoms with van der Waals surface area (Å²) in [6.45, 7) is 11.9. The Kier molecular flexibility index (Phi) is 8.28. The maximum atomic E-state index is 14.4. The average Bonchev–Trinajstić information content (AvgIpc) is 3.61. The molecule has 3 fully saturated rings. The lowest BCUT2D eigenvalue weighted by atomic mass is 9.91. The fourth-order valence-electron chi connectivity index (χ4n) is 8.10. The minimum atomic E-state index is -1.03. The Labute approximate surface area is 312 Å². The molecule has 2 saturated heterocycles. The summed E-state index contributed by atoms with van der Waals surface area (Å²) < 4.78 is 29.9. The smallest absolute Gasteiger partial charge is 0.435 e. The molecule has 2 bridgehead atoms. The van der Waals surface area contributed by atoms with E-state index in [4.69, 9.17) is 28.8 Å². The van der Waals surface area contributed by atoms with Crippen molar-refractivity contribution in [1.82, 2.24) is 19.7 Å². The van der Waals surface area contributed by atoms with Crippen molar-refractivity contribution in [2.24, 2.45) is 0 Å². The molecule has 1 N–H and O–H groups in total. The van der Waals surface area contributed by atoms with Gasteiger partial charge in [-0.3, -0.25) is 4.79 Å². The molecule has 4 atom stereocenters. The molecule has 2 aromatic carbocycles. The predicted molar refractivity (Wildman–Crippen MR) is 199 cm³/mol. The molecule has 2 aromatic heterocycles. The van der Waals surface area contributed by atoms with Crippen LogP contribution in [0.15, 0.2) is 42.7 Å². The maximum absolute atomic E-state index is 14.4. The van der Waals surface area contributed by atoms with Gasteiger partial charge in [0, 0.05) is 11.3 Å². The lowest BCUT2D eigenvalue weighted by Crippen LogP contribution is -2.46. The Morgan fingerprint density at radius 2 is 1.59 bits per heavy atom. The zero-order valence-corrected chi connectivity index (χ0v) is 31.8. The molecule has 3 aliphatic heterocycles. The number of morpholine rings is 1. The summed E-state index contributed by atoms with van der Waals surface area (Å²) in [6.07, 6.45) is 2.51. The Morgan fingerprint density at radius 3 is 2.26 bits per heavy atom. The van der Waals surface area contributed by atoms with E-state index in [0.717, 1.165) is 23.3 Å². The number of carbonyl (C=O) groups excluding carboxylic acids is 3. The van der Waals surface area contributed by atoms with E-state index in [2.05, 4.69) is 20.2 Å². The van der Waals surface area contributed by atoms with Gasteiger partial charge in [0.25, 0.3) is 0 Å². The van der Waals surface area contributed by atoms with E-state index >= 15 is 0 Å². The largest absolute Gasteiger partial charge is 0.497 e. The molecule has 0 radical (unpaired) electrons. The number of hydrogen-bond acceptors (Lipinski definition) is 13. The quantitative estimate of drug-likeness (QED) is 0.230. The number of methoxy groups -OCH3 is 2. The van der Waals surface area contributed by atoms with Crippen LogP contribution < -0.4 is 24.6 Å². The molecule has 1 saturated carbocycles. The van der Waals surface area contributed by atoms with Crippen molar-refractivity contribution in [1.29, 1.82) is 0 Å². The highest BCUT2D eigenvalue weighted by Gasteiger charge is 2.68. The summed E-state index contributed by atoms with van der Waals surface area (Å²) in [4.78, 5) is 54.1. The van der Waals surface area contributed by atoms with Crippen molar-refractivity contribution in [3.63, 3.8) is 0 Å². The first-order valence-corrected chi connectivity index (χ1v) is 18.2. The monoisotopic (exact) mass is 739 g/mol. The van der Waals surface area contributed by atoms with Gasteiger partial charge in [-0.25, -0.2) is 24.5 Å². The molecule has 8 rings (SSSR count). The Hall–Kier alpha value is -5.44. The lowest BCUT2D eigenvalue weighted by Gasteiger charge is -2.36. The summed E-state index contributed by atoms with van der Waals surface area (Å²) in [5.41, 5.74) is -0.233. The number of nitrogens with zero attached hydrogens (tertiary/aromatic N) is 6. The van der Waals surface area contributed by atoms with E-state index < -0.39 is 28.8 Å². The number of benzene rings is 2. The van der Waals surface area contributed by atoms with Gasteiger partial charge in [-0.05, 0) is 102 Å². The number of amides is 2. The van der Waals surface area contributed by atoms with Crippen LogP contribution in [0.5, 0.6) is 11.5 Å². The molecule has 15 heteroatoms. The van der Waals surface area contributed by atoms with Crippen LogP contribution in [0.4, 0.5) is 32.7 Å². The van der Waals surface area contributed by atoms with Crippen molar-refractivity contribution in [3.05, 3.63) is 53.9 Å². The zero-order chi connectivity index (χ0) is 38.3. The summed E-state index contributed by atoms with van der Waals surface area (Å²) >= 11 is 0. The number of imide groups is 1. The third kappa shape index (κ3) is 5.85. The summed E-state index contributed by atoms with van der Waals surface area (Å²) in [5, 5.41) is 8.64. The molecular weight excluding hydrogens is 694 g/mol. The van der Waals surface area contributed by atoms with Crippen LogP contribution in [-0.2, 0) is 24.4 Å². The maximum Gasteiger partial charge on any atom is 0.435 e. The molecular formula is C39H45N7O8. The van der Waals surface area contributed by atoms with E-state index in [1.807, 2.05) is 24.3 Å². The highest BCUT2D eigenvalue weighted by atomic mass is 16.6. The van der Waals surface area contributed by atoms with Gasteiger partial charge in [-0.2, -0.15) is 4.68 Å². The molecule has 2 amide bonds. The minimum Gasteiger partial charge on any atom is -0.497 e. The third-order valence-corrected chi connectivity index (χ3v) is 10.4. The Bertz CT molecular complexity index is 2170. The summed E-state index contributed by atoms with van der Waals surface area (Å²) in [5.74, 6) is 1.74. The number of aromatic nitrogens is 4. The molecule has 284 valence electrons. The number of carbonyl (C=O) groups is 3. The number of fused-ring (bicyclic) bond motifs is 5. The van der Waals surface area contributed by atoms with E-state index in [1.54, 1.807) is 67.9 Å². The minimum absolute atomic E-state index is 0.188. The SMILES string of the molecule is COc1ccc2c(c1)[C@]1(C[C@H]1c1ccc3c(Nc4ncnc(N5C6CCC5COC6)c4OC)nn(C(=O)OC(C)(C)C)c3c1)C(=O)N2C(=O)OC(C)(C)C. The second-order valence-corrected chi connectivity index (χ2v) is 16.3. The number of nitrogens with one attached hydrogen (secondary N) is 1. The molecule has 15 nitrogen and oxygen atoms in total. The molecule has 4 aliphatic rings. The number of rotatable bonds is 6. The second-order valence-electron chi connectivity index (χ2n) is 16.3. The third-order valence-electron chi connectivity index (χ3n) is 10.4. The van der Waals surface area contributed by atoms with Crippen LogP contribution in [0.25, 0.3) is 10.9 Å². The van der Waals surface area contributed by atoms with Gasteiger partial charge in [0.15, 0.2) is 17.5 Å². The molecule has 54 heavy (non-hydrogen) atoms. The Balaban J connectivity index is 1.19. The highest BCUT2D eigenvalue weighted by Crippen LogP contribution is 2.67. The number of ether oxygens (including phenoxy) is 5. The van der Waals surface area contributed by atoms with Crippen LogP contribution in [0.1, 0.15) is 77.8 Å². The topological polar surface area (TPSA) is 159 Å². The first kappa shape index (κ1) is 35.6. The van der Waals surface area contributed by atoms with Gasteiger partial charge >= 0.3 is 12.2 Å². The lowest BCUT2D eigenvalue weighted by molar-refractivity contribution is -0.120. The van der Waals surface area contributed by atoms with Crippen molar-refractivity contribution < 1.29 is 38.1 Å². The van der Waals surface area contributed by atoms with Crippen molar-refractivity contribution in [2.75, 3.05) is 42.5 Å². The fourth-order valence-corrected chi connectivity index (χ4v) is 8.10. The van der Waals surface area contributed by atoms with Gasteiger partial charge < -0.3 is 33.9 Å². The van der Waals surface area contributed by atoms with Gasteiger partial charge in [0.05, 0.1) is 56.1 Å². The molecule has 5 heterocycles.